The van der Waals surface area contributed by atoms with Crippen LogP contribution >= 0.6 is 0 Å². The summed E-state index contributed by atoms with van der Waals surface area (Å²) in [5.74, 6) is 0.118. The Bertz CT molecular complexity index is 935. The van der Waals surface area contributed by atoms with Gasteiger partial charge in [-0.05, 0) is 38.2 Å². The van der Waals surface area contributed by atoms with Gasteiger partial charge >= 0.3 is 6.09 Å². The first-order chi connectivity index (χ1) is 14.5. The van der Waals surface area contributed by atoms with Crippen LogP contribution < -0.4 is 0 Å². The molecule has 1 aromatic carbocycles. The second-order valence-electron chi connectivity index (χ2n) is 9.07. The van der Waals surface area contributed by atoms with Crippen molar-refractivity contribution in [3.63, 3.8) is 0 Å². The molecule has 1 spiro atoms. The number of hydrogen-bond donors (Lipinski definition) is 1. The van der Waals surface area contributed by atoms with Gasteiger partial charge in [0.15, 0.2) is 0 Å². The van der Waals surface area contributed by atoms with Crippen molar-refractivity contribution < 1.29 is 19.0 Å². The molecule has 1 aliphatic carbocycles. The van der Waals surface area contributed by atoms with E-state index in [9.17, 15) is 14.3 Å². The molecule has 1 saturated carbocycles. The first-order valence-corrected chi connectivity index (χ1v) is 10.9. The molecule has 2 fully saturated rings. The van der Waals surface area contributed by atoms with Gasteiger partial charge in [-0.15, -0.1) is 0 Å². The van der Waals surface area contributed by atoms with Gasteiger partial charge in [0.1, 0.15) is 12.8 Å². The number of aliphatic hydroxyl groups excluding tert-OH is 1. The Morgan fingerprint density at radius 2 is 2.10 bits per heavy atom. The van der Waals surface area contributed by atoms with Gasteiger partial charge in [-0.25, -0.2) is 14.2 Å². The van der Waals surface area contributed by atoms with E-state index in [0.29, 0.717) is 13.1 Å². The fourth-order valence-electron chi connectivity index (χ4n) is 5.81. The normalized spacial score (nSPS) is 27.7. The zero-order valence-electron chi connectivity index (χ0n) is 17.2. The number of carbonyl (C=O) groups is 1. The fraction of sp³-hybridized carbons (Fsp3) is 0.565. The molecule has 4 atom stereocenters. The Kier molecular flexibility index (Phi) is 4.81. The molecule has 5 rings (SSSR count). The van der Waals surface area contributed by atoms with Gasteiger partial charge in [-0.3, -0.25) is 0 Å². The predicted molar refractivity (Wildman–Crippen MR) is 110 cm³/mol. The van der Waals surface area contributed by atoms with Gasteiger partial charge in [-0.1, -0.05) is 24.3 Å². The molecule has 1 amide bonds. The van der Waals surface area contributed by atoms with E-state index in [1.54, 1.807) is 4.90 Å². The minimum Gasteiger partial charge on any atom is -0.446 e. The number of halogens is 1. The van der Waals surface area contributed by atoms with Crippen LogP contribution in [0.5, 0.6) is 0 Å². The summed E-state index contributed by atoms with van der Waals surface area (Å²) >= 11 is 0. The monoisotopic (exact) mass is 413 g/mol. The number of imidazole rings is 1. The van der Waals surface area contributed by atoms with Crippen molar-refractivity contribution in [3.05, 3.63) is 42.4 Å². The number of aliphatic hydroxyl groups is 1. The van der Waals surface area contributed by atoms with E-state index < -0.39 is 18.4 Å². The van der Waals surface area contributed by atoms with Gasteiger partial charge in [0.25, 0.3) is 0 Å². The quantitative estimate of drug-likeness (QED) is 0.831. The molecule has 7 heteroatoms. The third-order valence-corrected chi connectivity index (χ3v) is 7.39. The Balaban J connectivity index is 1.31. The lowest BCUT2D eigenvalue weighted by molar-refractivity contribution is -0.0262. The summed E-state index contributed by atoms with van der Waals surface area (Å²) in [6.07, 6.45) is 5.12. The molecule has 160 valence electrons. The minimum absolute atomic E-state index is 0.0992. The summed E-state index contributed by atoms with van der Waals surface area (Å²) in [6.45, 7) is 2.25. The lowest BCUT2D eigenvalue weighted by Gasteiger charge is -2.42. The fourth-order valence-corrected chi connectivity index (χ4v) is 5.81. The number of aromatic nitrogens is 2. The molecule has 0 radical (unpaired) electrons. The van der Waals surface area contributed by atoms with Crippen LogP contribution in [0.25, 0.3) is 11.3 Å². The number of ether oxygens (including phenoxy) is 1. The third kappa shape index (κ3) is 3.02. The molecule has 1 N–H and O–H groups in total. The van der Waals surface area contributed by atoms with Crippen molar-refractivity contribution in [2.24, 2.45) is 11.3 Å². The summed E-state index contributed by atoms with van der Waals surface area (Å²) in [6, 6.07) is 8.49. The van der Waals surface area contributed by atoms with Crippen molar-refractivity contribution in [1.82, 2.24) is 14.5 Å². The van der Waals surface area contributed by atoms with E-state index in [1.807, 2.05) is 18.6 Å². The summed E-state index contributed by atoms with van der Waals surface area (Å²) in [7, 11) is 0. The van der Waals surface area contributed by atoms with E-state index in [4.69, 9.17) is 4.74 Å². The number of likely N-dealkylation sites (tertiary alicyclic amines) is 1. The summed E-state index contributed by atoms with van der Waals surface area (Å²) in [5.41, 5.74) is 3.40. The Hall–Kier alpha value is -2.41. The molecular weight excluding hydrogens is 385 g/mol. The SMILES string of the molecule is CC(F)COC(=O)N1CCC2(CC[C@@H]([C@H]3c4ccccc4-c4cncn43)[C@H]2O)CC1. The van der Waals surface area contributed by atoms with Gasteiger partial charge in [0.2, 0.25) is 0 Å². The van der Waals surface area contributed by atoms with Crippen LogP contribution in [0.15, 0.2) is 36.8 Å². The number of benzene rings is 1. The number of alkyl halides is 1. The Morgan fingerprint density at radius 3 is 2.87 bits per heavy atom. The highest BCUT2D eigenvalue weighted by atomic mass is 19.1. The van der Waals surface area contributed by atoms with Crippen LogP contribution in [0.3, 0.4) is 0 Å². The number of piperidine rings is 1. The average molecular weight is 413 g/mol. The number of nitrogens with zero attached hydrogens (tertiary/aromatic N) is 3. The van der Waals surface area contributed by atoms with Gasteiger partial charge in [-0.2, -0.15) is 0 Å². The number of fused-ring (bicyclic) bond motifs is 3. The Morgan fingerprint density at radius 1 is 1.33 bits per heavy atom. The topological polar surface area (TPSA) is 67.6 Å². The van der Waals surface area contributed by atoms with Crippen molar-refractivity contribution >= 4 is 6.09 Å². The second-order valence-corrected chi connectivity index (χ2v) is 9.07. The highest BCUT2D eigenvalue weighted by Crippen LogP contribution is 2.55. The molecule has 3 aliphatic rings. The van der Waals surface area contributed by atoms with Crippen molar-refractivity contribution in [1.29, 1.82) is 0 Å². The average Bonchev–Trinajstić information content (AvgIpc) is 3.42. The predicted octanol–water partition coefficient (Wildman–Crippen LogP) is 3.80. The molecule has 1 unspecified atom stereocenters. The van der Waals surface area contributed by atoms with E-state index in [1.165, 1.54) is 18.1 Å². The lowest BCUT2D eigenvalue weighted by Crippen LogP contribution is -2.48. The standard InChI is InChI=1S/C23H28FN3O3/c1-15(24)13-30-22(29)26-10-8-23(9-11-26)7-6-18(21(23)28)20-17-5-3-2-4-16(17)19-12-25-14-27(19)20/h2-5,12,14-15,18,20-21,28H,6-11,13H2,1H3/t15?,18-,20+,21+/m0/s1. The number of carbonyl (C=O) groups excluding carboxylic acids is 1. The number of rotatable bonds is 3. The zero-order chi connectivity index (χ0) is 20.9. The molecule has 1 aromatic heterocycles. The largest absolute Gasteiger partial charge is 0.446 e. The van der Waals surface area contributed by atoms with Crippen molar-refractivity contribution in [2.75, 3.05) is 19.7 Å². The van der Waals surface area contributed by atoms with Gasteiger partial charge < -0.3 is 19.3 Å². The molecule has 0 bridgehead atoms. The molecule has 3 heterocycles. The number of hydrogen-bond acceptors (Lipinski definition) is 4. The van der Waals surface area contributed by atoms with Gasteiger partial charge in [0, 0.05) is 30.0 Å². The van der Waals surface area contributed by atoms with Crippen LogP contribution in [-0.4, -0.2) is 57.6 Å². The highest BCUT2D eigenvalue weighted by Gasteiger charge is 2.53. The maximum Gasteiger partial charge on any atom is 0.409 e. The first-order valence-electron chi connectivity index (χ1n) is 10.9. The Labute approximate surface area is 175 Å². The zero-order valence-corrected chi connectivity index (χ0v) is 17.2. The third-order valence-electron chi connectivity index (χ3n) is 7.39. The summed E-state index contributed by atoms with van der Waals surface area (Å²) in [5, 5.41) is 11.5. The maximum absolute atomic E-state index is 13.0. The van der Waals surface area contributed by atoms with Crippen LogP contribution in [-0.2, 0) is 4.74 Å². The van der Waals surface area contributed by atoms with Crippen LogP contribution in [0.1, 0.15) is 44.2 Å². The number of amides is 1. The minimum atomic E-state index is -1.16. The molecular formula is C23H28FN3O3. The molecule has 1 saturated heterocycles. The van der Waals surface area contributed by atoms with Crippen LogP contribution in [0.4, 0.5) is 9.18 Å². The highest BCUT2D eigenvalue weighted by molar-refractivity contribution is 5.69. The van der Waals surface area contributed by atoms with Crippen molar-refractivity contribution in [2.45, 2.75) is 50.9 Å². The van der Waals surface area contributed by atoms with E-state index in [2.05, 4.69) is 27.8 Å². The van der Waals surface area contributed by atoms with Crippen LogP contribution in [0.2, 0.25) is 0 Å². The molecule has 2 aliphatic heterocycles. The summed E-state index contributed by atoms with van der Waals surface area (Å²) in [4.78, 5) is 18.2. The van der Waals surface area contributed by atoms with Crippen molar-refractivity contribution in [3.8, 4) is 11.3 Å². The molecule has 2 aromatic rings. The smallest absolute Gasteiger partial charge is 0.409 e. The summed E-state index contributed by atoms with van der Waals surface area (Å²) < 4.78 is 20.2. The molecule has 6 nitrogen and oxygen atoms in total. The molecule has 30 heavy (non-hydrogen) atoms. The first kappa shape index (κ1) is 19.5. The van der Waals surface area contributed by atoms with Crippen LogP contribution in [0, 0.1) is 11.3 Å². The van der Waals surface area contributed by atoms with E-state index in [0.717, 1.165) is 31.4 Å². The van der Waals surface area contributed by atoms with Gasteiger partial charge in [0.05, 0.1) is 30.4 Å². The van der Waals surface area contributed by atoms with E-state index in [-0.39, 0.29) is 24.0 Å². The van der Waals surface area contributed by atoms with E-state index >= 15 is 0 Å². The lowest BCUT2D eigenvalue weighted by atomic mass is 9.73. The second kappa shape index (κ2) is 7.38. The maximum atomic E-state index is 13.0.